The molecule has 1 heteroatoms. The van der Waals surface area contributed by atoms with Gasteiger partial charge in [-0.05, 0) is 57.2 Å². The van der Waals surface area contributed by atoms with E-state index in [1.165, 1.54) is 64.6 Å². The van der Waals surface area contributed by atoms with Crippen LogP contribution in [-0.2, 0) is 0 Å². The molecular formula is C17H37N. The molecule has 0 saturated heterocycles. The van der Waals surface area contributed by atoms with Crippen LogP contribution in [0.5, 0.6) is 0 Å². The fourth-order valence-electron chi connectivity index (χ4n) is 2.44. The third-order valence-electron chi connectivity index (χ3n) is 3.55. The first kappa shape index (κ1) is 18.0. The monoisotopic (exact) mass is 255 g/mol. The largest absolute Gasteiger partial charge is 0.303 e. The zero-order valence-electron chi connectivity index (χ0n) is 13.7. The molecule has 0 radical (unpaired) electrons. The van der Waals surface area contributed by atoms with Crippen LogP contribution in [0, 0.1) is 11.8 Å². The normalized spacial score (nSPS) is 12.0. The summed E-state index contributed by atoms with van der Waals surface area (Å²) in [5, 5.41) is 0. The van der Waals surface area contributed by atoms with Gasteiger partial charge in [-0.3, -0.25) is 0 Å². The lowest BCUT2D eigenvalue weighted by Gasteiger charge is -2.22. The first-order valence-electron chi connectivity index (χ1n) is 8.28. The second kappa shape index (κ2) is 12.0. The molecule has 0 aromatic heterocycles. The minimum Gasteiger partial charge on any atom is -0.303 e. The Morgan fingerprint density at radius 3 is 1.78 bits per heavy atom. The van der Waals surface area contributed by atoms with Gasteiger partial charge in [-0.1, -0.05) is 53.9 Å². The molecule has 0 aliphatic carbocycles. The molecule has 0 aromatic carbocycles. The molecule has 0 heterocycles. The van der Waals surface area contributed by atoms with Gasteiger partial charge in [-0.15, -0.1) is 0 Å². The van der Waals surface area contributed by atoms with Crippen LogP contribution in [0.4, 0.5) is 0 Å². The number of hydrogen-bond donors (Lipinski definition) is 0. The predicted octanol–water partition coefficient (Wildman–Crippen LogP) is 5.35. The second-order valence-electron chi connectivity index (χ2n) is 6.62. The molecule has 0 bridgehead atoms. The fraction of sp³-hybridized carbons (Fsp3) is 1.00. The highest BCUT2D eigenvalue weighted by molar-refractivity contribution is 4.59. The first-order chi connectivity index (χ1) is 8.56. The molecule has 0 aromatic rings. The summed E-state index contributed by atoms with van der Waals surface area (Å²) in [6, 6.07) is 0. The molecule has 0 atom stereocenters. The minimum atomic E-state index is 0.861. The smallest absolute Gasteiger partial charge is 0.00186 e. The van der Waals surface area contributed by atoms with E-state index >= 15 is 0 Å². The quantitative estimate of drug-likeness (QED) is 0.425. The van der Waals surface area contributed by atoms with E-state index in [4.69, 9.17) is 0 Å². The van der Waals surface area contributed by atoms with Crippen molar-refractivity contribution in [2.45, 2.75) is 79.6 Å². The summed E-state index contributed by atoms with van der Waals surface area (Å²) in [5.74, 6) is 1.74. The van der Waals surface area contributed by atoms with Crippen LogP contribution in [0.15, 0.2) is 0 Å². The number of hydrogen-bond acceptors (Lipinski definition) is 1. The van der Waals surface area contributed by atoms with Crippen molar-refractivity contribution >= 4 is 0 Å². The molecule has 0 unspecified atom stereocenters. The van der Waals surface area contributed by atoms with E-state index in [0.717, 1.165) is 11.8 Å². The SMILES string of the molecule is CCCN(CCCCCC(C)C)CCCC(C)C. The number of nitrogens with zero attached hydrogens (tertiary/aromatic N) is 1. The standard InChI is InChI=1S/C17H37N/c1-6-13-18(15-10-12-17(4)5)14-9-7-8-11-16(2)3/h16-17H,6-15H2,1-5H3. The van der Waals surface area contributed by atoms with Gasteiger partial charge in [0, 0.05) is 0 Å². The topological polar surface area (TPSA) is 3.24 Å². The van der Waals surface area contributed by atoms with Crippen molar-refractivity contribution in [3.63, 3.8) is 0 Å². The molecule has 0 fully saturated rings. The van der Waals surface area contributed by atoms with Crippen LogP contribution in [0.3, 0.4) is 0 Å². The van der Waals surface area contributed by atoms with Crippen LogP contribution in [0.1, 0.15) is 79.6 Å². The third kappa shape index (κ3) is 12.4. The van der Waals surface area contributed by atoms with Crippen LogP contribution in [0.2, 0.25) is 0 Å². The summed E-state index contributed by atoms with van der Waals surface area (Å²) in [6.45, 7) is 15.5. The van der Waals surface area contributed by atoms with Gasteiger partial charge in [0.05, 0.1) is 0 Å². The highest BCUT2D eigenvalue weighted by Crippen LogP contribution is 2.10. The van der Waals surface area contributed by atoms with Crippen molar-refractivity contribution in [1.82, 2.24) is 4.90 Å². The van der Waals surface area contributed by atoms with E-state index in [9.17, 15) is 0 Å². The van der Waals surface area contributed by atoms with E-state index < -0.39 is 0 Å². The van der Waals surface area contributed by atoms with Gasteiger partial charge in [-0.2, -0.15) is 0 Å². The summed E-state index contributed by atoms with van der Waals surface area (Å²) in [6.07, 6.45) is 9.70. The lowest BCUT2D eigenvalue weighted by Crippen LogP contribution is -2.27. The van der Waals surface area contributed by atoms with Gasteiger partial charge in [-0.25, -0.2) is 0 Å². The maximum Gasteiger partial charge on any atom is -0.00186 e. The van der Waals surface area contributed by atoms with Crippen LogP contribution in [-0.4, -0.2) is 24.5 Å². The number of unbranched alkanes of at least 4 members (excludes halogenated alkanes) is 2. The third-order valence-corrected chi connectivity index (χ3v) is 3.55. The summed E-state index contributed by atoms with van der Waals surface area (Å²) in [7, 11) is 0. The Kier molecular flexibility index (Phi) is 12.0. The summed E-state index contributed by atoms with van der Waals surface area (Å²) < 4.78 is 0. The Balaban J connectivity index is 3.56. The van der Waals surface area contributed by atoms with Crippen LogP contribution in [0.25, 0.3) is 0 Å². The molecule has 0 spiro atoms. The first-order valence-corrected chi connectivity index (χ1v) is 8.28. The van der Waals surface area contributed by atoms with E-state index in [1.54, 1.807) is 0 Å². The molecular weight excluding hydrogens is 218 g/mol. The van der Waals surface area contributed by atoms with Crippen molar-refractivity contribution in [1.29, 1.82) is 0 Å². The molecule has 0 rings (SSSR count). The van der Waals surface area contributed by atoms with Gasteiger partial charge in [0.25, 0.3) is 0 Å². The van der Waals surface area contributed by atoms with Gasteiger partial charge in [0.15, 0.2) is 0 Å². The Morgan fingerprint density at radius 1 is 0.667 bits per heavy atom. The highest BCUT2D eigenvalue weighted by atomic mass is 15.1. The lowest BCUT2D eigenvalue weighted by molar-refractivity contribution is 0.256. The minimum absolute atomic E-state index is 0.861. The number of rotatable bonds is 12. The molecule has 0 saturated carbocycles. The Hall–Kier alpha value is -0.0400. The van der Waals surface area contributed by atoms with E-state index in [2.05, 4.69) is 39.5 Å². The molecule has 0 amide bonds. The van der Waals surface area contributed by atoms with Crippen molar-refractivity contribution in [3.8, 4) is 0 Å². The molecule has 1 nitrogen and oxygen atoms in total. The van der Waals surface area contributed by atoms with Crippen LogP contribution >= 0.6 is 0 Å². The maximum atomic E-state index is 2.68. The summed E-state index contributed by atoms with van der Waals surface area (Å²) in [5.41, 5.74) is 0. The van der Waals surface area contributed by atoms with E-state index in [1.807, 2.05) is 0 Å². The second-order valence-corrected chi connectivity index (χ2v) is 6.62. The fourth-order valence-corrected chi connectivity index (χ4v) is 2.44. The van der Waals surface area contributed by atoms with E-state index in [-0.39, 0.29) is 0 Å². The molecule has 18 heavy (non-hydrogen) atoms. The lowest BCUT2D eigenvalue weighted by atomic mass is 10.1. The summed E-state index contributed by atoms with van der Waals surface area (Å²) >= 11 is 0. The van der Waals surface area contributed by atoms with Gasteiger partial charge in [0.1, 0.15) is 0 Å². The predicted molar refractivity (Wildman–Crippen MR) is 84.1 cm³/mol. The van der Waals surface area contributed by atoms with Crippen LogP contribution < -0.4 is 0 Å². The Morgan fingerprint density at radius 2 is 1.22 bits per heavy atom. The average Bonchev–Trinajstić information content (AvgIpc) is 2.27. The molecule has 0 aliphatic heterocycles. The van der Waals surface area contributed by atoms with Gasteiger partial charge in [0.2, 0.25) is 0 Å². The van der Waals surface area contributed by atoms with Crippen molar-refractivity contribution in [2.75, 3.05) is 19.6 Å². The average molecular weight is 255 g/mol. The van der Waals surface area contributed by atoms with Crippen molar-refractivity contribution in [2.24, 2.45) is 11.8 Å². The maximum absolute atomic E-state index is 2.68. The van der Waals surface area contributed by atoms with Crippen molar-refractivity contribution < 1.29 is 0 Å². The van der Waals surface area contributed by atoms with Gasteiger partial charge < -0.3 is 4.90 Å². The Labute approximate surface area is 116 Å². The molecule has 110 valence electrons. The highest BCUT2D eigenvalue weighted by Gasteiger charge is 2.04. The summed E-state index contributed by atoms with van der Waals surface area (Å²) in [4.78, 5) is 2.68. The Bertz CT molecular complexity index is 163. The molecule has 0 N–H and O–H groups in total. The zero-order valence-corrected chi connectivity index (χ0v) is 13.7. The molecule has 0 aliphatic rings. The van der Waals surface area contributed by atoms with Crippen molar-refractivity contribution in [3.05, 3.63) is 0 Å². The van der Waals surface area contributed by atoms with E-state index in [0.29, 0.717) is 0 Å². The van der Waals surface area contributed by atoms with Gasteiger partial charge >= 0.3 is 0 Å². The zero-order chi connectivity index (χ0) is 13.8.